The zero-order chi connectivity index (χ0) is 22.6. The van der Waals surface area contributed by atoms with Crippen LogP contribution >= 0.6 is 0 Å². The molecule has 0 aromatic heterocycles. The Balaban J connectivity index is 1.33. The number of ether oxygens (including phenoxy) is 2. The van der Waals surface area contributed by atoms with E-state index in [1.807, 2.05) is 35.2 Å². The molecule has 2 atom stereocenters. The van der Waals surface area contributed by atoms with Crippen molar-refractivity contribution in [3.05, 3.63) is 60.2 Å². The maximum Gasteiger partial charge on any atom is 0.253 e. The summed E-state index contributed by atoms with van der Waals surface area (Å²) in [5.41, 5.74) is -0.451. The maximum absolute atomic E-state index is 13.0. The zero-order valence-corrected chi connectivity index (χ0v) is 18.4. The van der Waals surface area contributed by atoms with E-state index in [1.165, 1.54) is 0 Å². The number of benzene rings is 2. The van der Waals surface area contributed by atoms with Crippen molar-refractivity contribution in [1.29, 1.82) is 0 Å². The maximum atomic E-state index is 13.0. The lowest BCUT2D eigenvalue weighted by Crippen LogP contribution is -2.57. The summed E-state index contributed by atoms with van der Waals surface area (Å²) in [5.74, 6) is 1.42. The second-order valence-corrected chi connectivity index (χ2v) is 8.64. The van der Waals surface area contributed by atoms with Crippen molar-refractivity contribution in [2.75, 3.05) is 32.8 Å². The Morgan fingerprint density at radius 2 is 1.84 bits per heavy atom. The predicted octanol–water partition coefficient (Wildman–Crippen LogP) is 2.73. The molecule has 1 N–H and O–H groups in total. The number of hydrogen-bond donors (Lipinski definition) is 1. The molecule has 32 heavy (non-hydrogen) atoms. The molecular weight excluding hydrogens is 408 g/mol. The first-order chi connectivity index (χ1) is 15.4. The molecule has 0 unspecified atom stereocenters. The summed E-state index contributed by atoms with van der Waals surface area (Å²) >= 11 is 0. The number of likely N-dealkylation sites (tertiary alicyclic amines) is 2. The summed E-state index contributed by atoms with van der Waals surface area (Å²) in [7, 11) is 0. The Kier molecular flexibility index (Phi) is 6.65. The van der Waals surface area contributed by atoms with Gasteiger partial charge in [0.05, 0.1) is 13.1 Å². The number of aliphatic hydroxyl groups is 1. The average molecular weight is 439 g/mol. The molecule has 2 heterocycles. The van der Waals surface area contributed by atoms with E-state index in [4.69, 9.17) is 9.47 Å². The quantitative estimate of drug-likeness (QED) is 0.719. The normalized spacial score (nSPS) is 23.3. The summed E-state index contributed by atoms with van der Waals surface area (Å²) in [6, 6.07) is 16.4. The number of amides is 2. The van der Waals surface area contributed by atoms with Crippen molar-refractivity contribution >= 4 is 11.8 Å². The molecule has 170 valence electrons. The lowest BCUT2D eigenvalue weighted by Gasteiger charge is -2.42. The van der Waals surface area contributed by atoms with Crippen molar-refractivity contribution in [3.8, 4) is 11.5 Å². The SMILES string of the molecule is C[C@]1(O)CCN(C(=O)c2ccc(OCCN3CCCC3=O)cc2)C[C@@H]1Oc1ccccc1. The summed E-state index contributed by atoms with van der Waals surface area (Å²) < 4.78 is 11.7. The predicted molar refractivity (Wildman–Crippen MR) is 120 cm³/mol. The zero-order valence-electron chi connectivity index (χ0n) is 18.4. The standard InChI is InChI=1S/C25H30N2O5/c1-25(30)13-15-27(18-22(25)32-21-6-3-2-4-7-21)24(29)19-9-11-20(12-10-19)31-17-16-26-14-5-8-23(26)28/h2-4,6-7,9-12,22,30H,5,8,13-18H2,1H3/t22-,25-/m0/s1. The van der Waals surface area contributed by atoms with Crippen molar-refractivity contribution in [1.82, 2.24) is 9.80 Å². The number of nitrogens with zero attached hydrogens (tertiary/aromatic N) is 2. The van der Waals surface area contributed by atoms with Gasteiger partial charge >= 0.3 is 0 Å². The van der Waals surface area contributed by atoms with E-state index in [9.17, 15) is 14.7 Å². The second-order valence-electron chi connectivity index (χ2n) is 8.64. The number of para-hydroxylation sites is 1. The van der Waals surface area contributed by atoms with Crippen LogP contribution in [0.1, 0.15) is 36.5 Å². The fourth-order valence-electron chi connectivity index (χ4n) is 4.11. The van der Waals surface area contributed by atoms with Crippen molar-refractivity contribution in [2.45, 2.75) is 37.9 Å². The molecule has 4 rings (SSSR count). The minimum atomic E-state index is -1.01. The van der Waals surface area contributed by atoms with Gasteiger partial charge in [0.1, 0.15) is 29.8 Å². The van der Waals surface area contributed by atoms with Crippen LogP contribution in [0, 0.1) is 0 Å². The van der Waals surface area contributed by atoms with Crippen LogP contribution in [-0.4, -0.2) is 71.2 Å². The molecule has 2 saturated heterocycles. The highest BCUT2D eigenvalue weighted by molar-refractivity contribution is 5.94. The Morgan fingerprint density at radius 1 is 1.09 bits per heavy atom. The lowest BCUT2D eigenvalue weighted by molar-refractivity contribution is -0.128. The smallest absolute Gasteiger partial charge is 0.253 e. The minimum absolute atomic E-state index is 0.101. The molecule has 7 nitrogen and oxygen atoms in total. The Morgan fingerprint density at radius 3 is 2.53 bits per heavy atom. The molecule has 2 aromatic carbocycles. The van der Waals surface area contributed by atoms with Gasteiger partial charge in [-0.25, -0.2) is 0 Å². The van der Waals surface area contributed by atoms with Crippen LogP contribution in [0.15, 0.2) is 54.6 Å². The van der Waals surface area contributed by atoms with E-state index < -0.39 is 11.7 Å². The molecule has 0 bridgehead atoms. The highest BCUT2D eigenvalue weighted by atomic mass is 16.5. The molecule has 2 aliphatic heterocycles. The van der Waals surface area contributed by atoms with E-state index in [0.29, 0.717) is 56.1 Å². The van der Waals surface area contributed by atoms with Crippen LogP contribution in [0.3, 0.4) is 0 Å². The first kappa shape index (κ1) is 22.1. The van der Waals surface area contributed by atoms with Crippen LogP contribution < -0.4 is 9.47 Å². The van der Waals surface area contributed by atoms with Gasteiger partial charge in [0.15, 0.2) is 0 Å². The summed E-state index contributed by atoms with van der Waals surface area (Å²) in [5, 5.41) is 10.8. The molecule has 0 saturated carbocycles. The monoisotopic (exact) mass is 438 g/mol. The molecular formula is C25H30N2O5. The third kappa shape index (κ3) is 5.22. The number of carbonyl (C=O) groups is 2. The summed E-state index contributed by atoms with van der Waals surface area (Å²) in [6.45, 7) is 4.33. The van der Waals surface area contributed by atoms with E-state index in [0.717, 1.165) is 13.0 Å². The van der Waals surface area contributed by atoms with Crippen LogP contribution in [-0.2, 0) is 4.79 Å². The lowest BCUT2D eigenvalue weighted by atomic mass is 9.90. The van der Waals surface area contributed by atoms with Gasteiger partial charge in [-0.3, -0.25) is 9.59 Å². The second kappa shape index (κ2) is 9.61. The van der Waals surface area contributed by atoms with E-state index in [1.54, 1.807) is 36.1 Å². The minimum Gasteiger partial charge on any atom is -0.492 e. The van der Waals surface area contributed by atoms with Gasteiger partial charge in [-0.05, 0) is 56.2 Å². The first-order valence-electron chi connectivity index (χ1n) is 11.2. The van der Waals surface area contributed by atoms with Gasteiger partial charge in [-0.15, -0.1) is 0 Å². The van der Waals surface area contributed by atoms with Crippen molar-refractivity contribution in [2.24, 2.45) is 0 Å². The van der Waals surface area contributed by atoms with Gasteiger partial charge in [0, 0.05) is 25.1 Å². The van der Waals surface area contributed by atoms with Crippen LogP contribution in [0.5, 0.6) is 11.5 Å². The number of carbonyl (C=O) groups excluding carboxylic acids is 2. The van der Waals surface area contributed by atoms with Gasteiger partial charge in [-0.1, -0.05) is 18.2 Å². The van der Waals surface area contributed by atoms with E-state index in [2.05, 4.69) is 0 Å². The van der Waals surface area contributed by atoms with Crippen molar-refractivity contribution in [3.63, 3.8) is 0 Å². The third-order valence-corrected chi connectivity index (χ3v) is 6.18. The van der Waals surface area contributed by atoms with Crippen LogP contribution in [0.2, 0.25) is 0 Å². The van der Waals surface area contributed by atoms with E-state index in [-0.39, 0.29) is 11.8 Å². The van der Waals surface area contributed by atoms with Crippen LogP contribution in [0.25, 0.3) is 0 Å². The highest BCUT2D eigenvalue weighted by Gasteiger charge is 2.41. The fraction of sp³-hybridized carbons (Fsp3) is 0.440. The van der Waals surface area contributed by atoms with E-state index >= 15 is 0 Å². The molecule has 7 heteroatoms. The molecule has 2 fully saturated rings. The third-order valence-electron chi connectivity index (χ3n) is 6.18. The summed E-state index contributed by atoms with van der Waals surface area (Å²) in [4.78, 5) is 28.2. The Bertz CT molecular complexity index is 929. The van der Waals surface area contributed by atoms with Gasteiger partial charge in [0.25, 0.3) is 5.91 Å². The highest BCUT2D eigenvalue weighted by Crippen LogP contribution is 2.27. The fourth-order valence-corrected chi connectivity index (χ4v) is 4.11. The van der Waals surface area contributed by atoms with Gasteiger partial charge < -0.3 is 24.4 Å². The molecule has 0 spiro atoms. The number of piperidine rings is 1. The largest absolute Gasteiger partial charge is 0.492 e. The molecule has 0 radical (unpaired) electrons. The molecule has 2 amide bonds. The Labute approximate surface area is 188 Å². The van der Waals surface area contributed by atoms with Gasteiger partial charge in [0.2, 0.25) is 5.91 Å². The Hall–Kier alpha value is -3.06. The molecule has 2 aliphatic rings. The van der Waals surface area contributed by atoms with Crippen LogP contribution in [0.4, 0.5) is 0 Å². The molecule has 2 aromatic rings. The van der Waals surface area contributed by atoms with Gasteiger partial charge in [-0.2, -0.15) is 0 Å². The summed E-state index contributed by atoms with van der Waals surface area (Å²) in [6.07, 6.45) is 1.46. The van der Waals surface area contributed by atoms with Crippen molar-refractivity contribution < 1.29 is 24.2 Å². The average Bonchev–Trinajstić information content (AvgIpc) is 3.20. The first-order valence-corrected chi connectivity index (χ1v) is 11.2. The number of rotatable bonds is 7. The number of hydrogen-bond acceptors (Lipinski definition) is 5. The topological polar surface area (TPSA) is 79.3 Å². The molecule has 0 aliphatic carbocycles.